The molecule has 1 fully saturated rings. The molecule has 3 heterocycles. The molecule has 7 heteroatoms. The van der Waals surface area contributed by atoms with Crippen molar-refractivity contribution in [1.29, 1.82) is 0 Å². The first kappa shape index (κ1) is 18.5. The SMILES string of the molecule is CN(C)CCCn1ccnc1C1CCCN(C(=O)c2cncc(F)c2)C1. The van der Waals surface area contributed by atoms with Crippen molar-refractivity contribution >= 4 is 5.91 Å². The molecule has 0 spiro atoms. The lowest BCUT2D eigenvalue weighted by molar-refractivity contribution is 0.0702. The van der Waals surface area contributed by atoms with Crippen LogP contribution >= 0.6 is 0 Å². The zero-order valence-electron chi connectivity index (χ0n) is 15.4. The lowest BCUT2D eigenvalue weighted by Gasteiger charge is -2.32. The van der Waals surface area contributed by atoms with Crippen LogP contribution in [-0.2, 0) is 6.54 Å². The molecule has 0 bridgehead atoms. The van der Waals surface area contributed by atoms with Crippen molar-refractivity contribution in [2.24, 2.45) is 0 Å². The number of pyridine rings is 1. The Balaban J connectivity index is 1.67. The fraction of sp³-hybridized carbons (Fsp3) is 0.526. The summed E-state index contributed by atoms with van der Waals surface area (Å²) in [5, 5.41) is 0. The Bertz CT molecular complexity index is 745. The number of hydrogen-bond acceptors (Lipinski definition) is 4. The average Bonchev–Trinajstić information content (AvgIpc) is 3.09. The zero-order valence-corrected chi connectivity index (χ0v) is 15.4. The number of halogens is 1. The minimum atomic E-state index is -0.485. The Morgan fingerprint density at radius 2 is 2.23 bits per heavy atom. The highest BCUT2D eigenvalue weighted by atomic mass is 19.1. The van der Waals surface area contributed by atoms with Gasteiger partial charge < -0.3 is 14.4 Å². The lowest BCUT2D eigenvalue weighted by Crippen LogP contribution is -2.39. The Hall–Kier alpha value is -2.28. The molecule has 1 aliphatic rings. The maximum absolute atomic E-state index is 13.4. The number of amides is 1. The van der Waals surface area contributed by atoms with Crippen molar-refractivity contribution in [2.45, 2.75) is 31.7 Å². The number of hydrogen-bond donors (Lipinski definition) is 0. The fourth-order valence-corrected chi connectivity index (χ4v) is 3.51. The summed E-state index contributed by atoms with van der Waals surface area (Å²) in [5.41, 5.74) is 0.306. The summed E-state index contributed by atoms with van der Waals surface area (Å²) in [6, 6.07) is 1.25. The largest absolute Gasteiger partial charge is 0.338 e. The number of aromatic nitrogens is 3. The van der Waals surface area contributed by atoms with Gasteiger partial charge in [-0.2, -0.15) is 0 Å². The van der Waals surface area contributed by atoms with Crippen molar-refractivity contribution in [3.63, 3.8) is 0 Å². The second-order valence-corrected chi connectivity index (χ2v) is 7.12. The van der Waals surface area contributed by atoms with Gasteiger partial charge in [0.05, 0.1) is 11.8 Å². The van der Waals surface area contributed by atoms with Crippen LogP contribution in [0.2, 0.25) is 0 Å². The van der Waals surface area contributed by atoms with Gasteiger partial charge in [-0.1, -0.05) is 0 Å². The summed E-state index contributed by atoms with van der Waals surface area (Å²) in [5.74, 6) is 0.607. The van der Waals surface area contributed by atoms with Crippen molar-refractivity contribution in [3.05, 3.63) is 48.1 Å². The molecule has 1 saturated heterocycles. The summed E-state index contributed by atoms with van der Waals surface area (Å²) in [7, 11) is 4.14. The molecule has 0 aromatic carbocycles. The van der Waals surface area contributed by atoms with E-state index >= 15 is 0 Å². The molecule has 0 radical (unpaired) electrons. The van der Waals surface area contributed by atoms with Gasteiger partial charge >= 0.3 is 0 Å². The number of carbonyl (C=O) groups excluding carboxylic acids is 1. The Morgan fingerprint density at radius 3 is 3.00 bits per heavy atom. The molecule has 1 unspecified atom stereocenters. The first-order valence-corrected chi connectivity index (χ1v) is 9.10. The second-order valence-electron chi connectivity index (χ2n) is 7.12. The van der Waals surface area contributed by atoms with E-state index in [0.29, 0.717) is 18.7 Å². The van der Waals surface area contributed by atoms with E-state index in [1.165, 1.54) is 12.3 Å². The van der Waals surface area contributed by atoms with E-state index in [9.17, 15) is 9.18 Å². The van der Waals surface area contributed by atoms with Crippen LogP contribution in [0.4, 0.5) is 4.39 Å². The molecule has 6 nitrogen and oxygen atoms in total. The van der Waals surface area contributed by atoms with Crippen LogP contribution in [0.3, 0.4) is 0 Å². The average molecular weight is 359 g/mol. The van der Waals surface area contributed by atoms with E-state index in [-0.39, 0.29) is 11.8 Å². The van der Waals surface area contributed by atoms with E-state index in [0.717, 1.165) is 44.4 Å². The smallest absolute Gasteiger partial charge is 0.255 e. The monoisotopic (exact) mass is 359 g/mol. The van der Waals surface area contributed by atoms with Crippen LogP contribution in [0.1, 0.15) is 41.4 Å². The molecule has 0 aliphatic carbocycles. The van der Waals surface area contributed by atoms with Gasteiger partial charge in [0.1, 0.15) is 11.6 Å². The van der Waals surface area contributed by atoms with Gasteiger partial charge in [0.15, 0.2) is 0 Å². The van der Waals surface area contributed by atoms with Gasteiger partial charge in [0.2, 0.25) is 0 Å². The van der Waals surface area contributed by atoms with Gasteiger partial charge in [-0.25, -0.2) is 9.37 Å². The van der Waals surface area contributed by atoms with Crippen LogP contribution < -0.4 is 0 Å². The topological polar surface area (TPSA) is 54.3 Å². The van der Waals surface area contributed by atoms with E-state index in [2.05, 4.69) is 33.5 Å². The normalized spacial score (nSPS) is 17.7. The Morgan fingerprint density at radius 1 is 1.38 bits per heavy atom. The van der Waals surface area contributed by atoms with Crippen LogP contribution in [0, 0.1) is 5.82 Å². The highest BCUT2D eigenvalue weighted by molar-refractivity contribution is 5.94. The molecule has 1 aliphatic heterocycles. The summed E-state index contributed by atoms with van der Waals surface area (Å²) in [6.07, 6.45) is 9.38. The highest BCUT2D eigenvalue weighted by Gasteiger charge is 2.28. The Kier molecular flexibility index (Phi) is 5.98. The summed E-state index contributed by atoms with van der Waals surface area (Å²) in [4.78, 5) is 25.0. The summed E-state index contributed by atoms with van der Waals surface area (Å²) in [6.45, 7) is 3.25. The molecule has 1 amide bonds. The molecule has 1 atom stereocenters. The minimum absolute atomic E-state index is 0.160. The predicted octanol–water partition coefficient (Wildman–Crippen LogP) is 2.39. The van der Waals surface area contributed by atoms with Crippen molar-refractivity contribution < 1.29 is 9.18 Å². The minimum Gasteiger partial charge on any atom is -0.338 e. The summed E-state index contributed by atoms with van der Waals surface area (Å²) < 4.78 is 15.6. The number of likely N-dealkylation sites (tertiary alicyclic amines) is 1. The van der Waals surface area contributed by atoms with Crippen LogP contribution in [0.25, 0.3) is 0 Å². The molecular weight excluding hydrogens is 333 g/mol. The molecule has 26 heavy (non-hydrogen) atoms. The van der Waals surface area contributed by atoms with Crippen molar-refractivity contribution in [3.8, 4) is 0 Å². The van der Waals surface area contributed by atoms with Crippen molar-refractivity contribution in [1.82, 2.24) is 24.3 Å². The van der Waals surface area contributed by atoms with E-state index in [1.54, 1.807) is 4.90 Å². The molecule has 2 aromatic rings. The maximum Gasteiger partial charge on any atom is 0.255 e. The van der Waals surface area contributed by atoms with Gasteiger partial charge in [-0.3, -0.25) is 9.78 Å². The third-order valence-electron chi connectivity index (χ3n) is 4.78. The number of carbonyl (C=O) groups is 1. The number of nitrogens with zero attached hydrogens (tertiary/aromatic N) is 5. The molecule has 2 aromatic heterocycles. The molecule has 0 saturated carbocycles. The number of piperidine rings is 1. The zero-order chi connectivity index (χ0) is 18.5. The van der Waals surface area contributed by atoms with Gasteiger partial charge in [-0.15, -0.1) is 0 Å². The summed E-state index contributed by atoms with van der Waals surface area (Å²) >= 11 is 0. The second kappa shape index (κ2) is 8.40. The predicted molar refractivity (Wildman–Crippen MR) is 97.5 cm³/mol. The maximum atomic E-state index is 13.4. The first-order valence-electron chi connectivity index (χ1n) is 9.10. The first-order chi connectivity index (χ1) is 12.5. The molecule has 140 valence electrons. The van der Waals surface area contributed by atoms with Crippen LogP contribution in [0.15, 0.2) is 30.9 Å². The van der Waals surface area contributed by atoms with Gasteiger partial charge in [-0.05, 0) is 46.0 Å². The lowest BCUT2D eigenvalue weighted by atomic mass is 9.96. The van der Waals surface area contributed by atoms with Crippen LogP contribution in [-0.4, -0.2) is 64.0 Å². The highest BCUT2D eigenvalue weighted by Crippen LogP contribution is 2.27. The van der Waals surface area contributed by atoms with Crippen molar-refractivity contribution in [2.75, 3.05) is 33.7 Å². The molecule has 3 rings (SSSR count). The van der Waals surface area contributed by atoms with Crippen LogP contribution in [0.5, 0.6) is 0 Å². The number of aryl methyl sites for hydroxylation is 1. The molecule has 0 N–H and O–H groups in total. The van der Waals surface area contributed by atoms with E-state index in [1.807, 2.05) is 12.4 Å². The standard InChI is InChI=1S/C19H26FN5O/c1-23(2)7-4-9-24-10-6-22-18(24)15-5-3-8-25(14-15)19(26)16-11-17(20)13-21-12-16/h6,10-13,15H,3-5,7-9,14H2,1-2H3. The Labute approximate surface area is 153 Å². The fourth-order valence-electron chi connectivity index (χ4n) is 3.51. The third-order valence-corrected chi connectivity index (χ3v) is 4.78. The van der Waals surface area contributed by atoms with E-state index in [4.69, 9.17) is 0 Å². The number of imidazole rings is 1. The van der Waals surface area contributed by atoms with Gasteiger partial charge in [0, 0.05) is 44.1 Å². The molecular formula is C19H26FN5O. The van der Waals surface area contributed by atoms with E-state index < -0.39 is 5.82 Å². The van der Waals surface area contributed by atoms with Gasteiger partial charge in [0.25, 0.3) is 5.91 Å². The quantitative estimate of drug-likeness (QED) is 0.795. The number of rotatable bonds is 6. The third kappa shape index (κ3) is 4.46.